The fourth-order valence-corrected chi connectivity index (χ4v) is 2.74. The van der Waals surface area contributed by atoms with Crippen molar-refractivity contribution in [3.63, 3.8) is 0 Å². The molecule has 25 heavy (non-hydrogen) atoms. The molecule has 3 aromatic rings. The van der Waals surface area contributed by atoms with E-state index in [4.69, 9.17) is 0 Å². The average Bonchev–Trinajstić information content (AvgIpc) is 3.24. The van der Waals surface area contributed by atoms with Crippen LogP contribution in [0.4, 0.5) is 23.0 Å². The molecule has 1 saturated carbocycles. The number of amides is 1. The molecule has 7 nitrogen and oxygen atoms in total. The number of nitrogens with one attached hydrogen (secondary N) is 4. The third-order valence-electron chi connectivity index (χ3n) is 4.16. The number of aryl methyl sites for hydroxylation is 1. The Balaban J connectivity index is 1.64. The summed E-state index contributed by atoms with van der Waals surface area (Å²) in [5, 5.41) is 12.9. The lowest BCUT2D eigenvalue weighted by atomic mass is 10.1. The summed E-state index contributed by atoms with van der Waals surface area (Å²) in [6, 6.07) is 10.3. The zero-order chi connectivity index (χ0) is 17.4. The fraction of sp³-hybridized carbons (Fsp3) is 0.278. The minimum atomic E-state index is -0.0839. The highest BCUT2D eigenvalue weighted by molar-refractivity contribution is 5.90. The summed E-state index contributed by atoms with van der Waals surface area (Å²) in [4.78, 5) is 16.0. The molecular weight excluding hydrogens is 316 g/mol. The SMILES string of the molecule is CC(=O)Nc1cc(Nc2cc(NC3CC3)[n+]3[nH]ccc3n2)ccc1C. The van der Waals surface area contributed by atoms with E-state index in [2.05, 4.69) is 26.0 Å². The molecule has 1 amide bonds. The Labute approximate surface area is 145 Å². The number of benzene rings is 1. The summed E-state index contributed by atoms with van der Waals surface area (Å²) in [7, 11) is 0. The molecule has 4 rings (SSSR count). The van der Waals surface area contributed by atoms with Crippen LogP contribution in [-0.4, -0.2) is 22.0 Å². The van der Waals surface area contributed by atoms with Gasteiger partial charge in [-0.1, -0.05) is 11.1 Å². The number of nitrogens with zero attached hydrogens (tertiary/aromatic N) is 2. The maximum Gasteiger partial charge on any atom is 0.288 e. The summed E-state index contributed by atoms with van der Waals surface area (Å²) in [5.41, 5.74) is 3.52. The normalized spacial score (nSPS) is 13.7. The number of hydrogen-bond donors (Lipinski definition) is 4. The Morgan fingerprint density at radius 1 is 1.28 bits per heavy atom. The summed E-state index contributed by atoms with van der Waals surface area (Å²) >= 11 is 0. The van der Waals surface area contributed by atoms with Crippen LogP contribution < -0.4 is 20.5 Å². The first-order chi connectivity index (χ1) is 12.1. The first-order valence-electron chi connectivity index (χ1n) is 8.40. The van der Waals surface area contributed by atoms with Gasteiger partial charge < -0.3 is 16.0 Å². The van der Waals surface area contributed by atoms with Gasteiger partial charge in [-0.3, -0.25) is 9.89 Å². The van der Waals surface area contributed by atoms with Gasteiger partial charge in [0.2, 0.25) is 17.5 Å². The maximum absolute atomic E-state index is 11.3. The number of aromatic nitrogens is 3. The number of anilines is 4. The Morgan fingerprint density at radius 2 is 2.12 bits per heavy atom. The zero-order valence-corrected chi connectivity index (χ0v) is 14.3. The average molecular weight is 337 g/mol. The van der Waals surface area contributed by atoms with Crippen LogP contribution in [0.25, 0.3) is 5.65 Å². The highest BCUT2D eigenvalue weighted by Gasteiger charge is 2.27. The Kier molecular flexibility index (Phi) is 3.76. The van der Waals surface area contributed by atoms with E-state index in [1.807, 2.05) is 48.0 Å². The molecule has 1 aliphatic rings. The van der Waals surface area contributed by atoms with E-state index in [1.165, 1.54) is 19.8 Å². The van der Waals surface area contributed by atoms with E-state index in [1.54, 1.807) is 0 Å². The van der Waals surface area contributed by atoms with Gasteiger partial charge in [0.1, 0.15) is 0 Å². The molecular formula is C18H21N6O+. The van der Waals surface area contributed by atoms with Crippen LogP contribution in [0, 0.1) is 6.92 Å². The molecule has 0 aliphatic heterocycles. The number of fused-ring (bicyclic) bond motifs is 1. The van der Waals surface area contributed by atoms with Crippen molar-refractivity contribution in [1.29, 1.82) is 0 Å². The van der Waals surface area contributed by atoms with Crippen LogP contribution in [0.1, 0.15) is 25.3 Å². The van der Waals surface area contributed by atoms with Crippen LogP contribution in [0.15, 0.2) is 36.5 Å². The highest BCUT2D eigenvalue weighted by Crippen LogP contribution is 2.26. The quantitative estimate of drug-likeness (QED) is 0.539. The second-order valence-electron chi connectivity index (χ2n) is 6.44. The number of rotatable bonds is 5. The van der Waals surface area contributed by atoms with Gasteiger partial charge in [-0.2, -0.15) is 0 Å². The van der Waals surface area contributed by atoms with Crippen molar-refractivity contribution in [2.75, 3.05) is 16.0 Å². The van der Waals surface area contributed by atoms with E-state index in [-0.39, 0.29) is 5.91 Å². The molecule has 0 unspecified atom stereocenters. The monoisotopic (exact) mass is 337 g/mol. The first-order valence-corrected chi connectivity index (χ1v) is 8.40. The van der Waals surface area contributed by atoms with Gasteiger partial charge in [0, 0.05) is 30.6 Å². The van der Waals surface area contributed by atoms with Crippen LogP contribution >= 0.6 is 0 Å². The molecule has 0 atom stereocenters. The topological polar surface area (TPSA) is 85.9 Å². The number of aromatic amines is 1. The smallest absolute Gasteiger partial charge is 0.288 e. The second kappa shape index (κ2) is 6.08. The van der Waals surface area contributed by atoms with Gasteiger partial charge in [0.25, 0.3) is 5.65 Å². The summed E-state index contributed by atoms with van der Waals surface area (Å²) in [6.07, 6.45) is 4.27. The number of carbonyl (C=O) groups excluding carboxylic acids is 1. The van der Waals surface area contributed by atoms with Crippen molar-refractivity contribution in [3.8, 4) is 0 Å². The first kappa shape index (κ1) is 15.4. The van der Waals surface area contributed by atoms with Crippen LogP contribution in [0.5, 0.6) is 0 Å². The molecule has 128 valence electrons. The van der Waals surface area contributed by atoms with E-state index in [0.29, 0.717) is 6.04 Å². The molecule has 7 heteroatoms. The predicted molar refractivity (Wildman–Crippen MR) is 97.2 cm³/mol. The number of H-pyrrole nitrogens is 1. The lowest BCUT2D eigenvalue weighted by Gasteiger charge is -2.10. The lowest BCUT2D eigenvalue weighted by Crippen LogP contribution is -2.30. The molecule has 0 spiro atoms. The molecule has 2 heterocycles. The summed E-state index contributed by atoms with van der Waals surface area (Å²) in [5.74, 6) is 1.65. The molecule has 0 bridgehead atoms. The Bertz CT molecular complexity index is 944. The van der Waals surface area contributed by atoms with Gasteiger partial charge in [0.05, 0.1) is 12.1 Å². The Hall–Kier alpha value is -3.09. The molecule has 4 N–H and O–H groups in total. The van der Waals surface area contributed by atoms with Gasteiger partial charge in [0.15, 0.2) is 0 Å². The van der Waals surface area contributed by atoms with Crippen LogP contribution in [0.2, 0.25) is 0 Å². The van der Waals surface area contributed by atoms with E-state index < -0.39 is 0 Å². The number of hydrogen-bond acceptors (Lipinski definition) is 4. The second-order valence-corrected chi connectivity index (χ2v) is 6.44. The van der Waals surface area contributed by atoms with E-state index in [0.717, 1.165) is 34.2 Å². The standard InChI is InChI=1S/C18H20N6O/c1-11-3-4-14(9-15(11)20-12(2)25)21-16-10-18(22-13-5-6-13)24-17(23-16)7-8-19-24/h3-4,7-10,13H,5-6H2,1-2H3,(H3,19,20,21,22,23,25)/p+1. The van der Waals surface area contributed by atoms with E-state index >= 15 is 0 Å². The summed E-state index contributed by atoms with van der Waals surface area (Å²) in [6.45, 7) is 3.47. The predicted octanol–water partition coefficient (Wildman–Crippen LogP) is 2.73. The third kappa shape index (κ3) is 3.40. The highest BCUT2D eigenvalue weighted by atomic mass is 16.1. The van der Waals surface area contributed by atoms with Gasteiger partial charge in [-0.15, -0.1) is 4.52 Å². The van der Waals surface area contributed by atoms with Gasteiger partial charge in [-0.25, -0.2) is 0 Å². The molecule has 1 aliphatic carbocycles. The molecule has 0 radical (unpaired) electrons. The van der Waals surface area contributed by atoms with Crippen molar-refractivity contribution in [2.24, 2.45) is 0 Å². The van der Waals surface area contributed by atoms with Crippen LogP contribution in [0.3, 0.4) is 0 Å². The van der Waals surface area contributed by atoms with Crippen molar-refractivity contribution in [2.45, 2.75) is 32.7 Å². The third-order valence-corrected chi connectivity index (χ3v) is 4.16. The molecule has 1 aromatic carbocycles. The minimum Gasteiger partial charge on any atom is -0.326 e. The van der Waals surface area contributed by atoms with Crippen molar-refractivity contribution in [1.82, 2.24) is 10.1 Å². The molecule has 0 saturated heterocycles. The van der Waals surface area contributed by atoms with E-state index in [9.17, 15) is 4.79 Å². The molecule has 2 aromatic heterocycles. The number of carbonyl (C=O) groups is 1. The largest absolute Gasteiger partial charge is 0.326 e. The van der Waals surface area contributed by atoms with Gasteiger partial charge in [-0.05, 0) is 37.5 Å². The van der Waals surface area contributed by atoms with Gasteiger partial charge >= 0.3 is 0 Å². The fourth-order valence-electron chi connectivity index (χ4n) is 2.74. The minimum absolute atomic E-state index is 0.0839. The lowest BCUT2D eigenvalue weighted by molar-refractivity contribution is -0.564. The Morgan fingerprint density at radius 3 is 2.88 bits per heavy atom. The van der Waals surface area contributed by atoms with Crippen molar-refractivity contribution >= 4 is 34.6 Å². The maximum atomic E-state index is 11.3. The zero-order valence-electron chi connectivity index (χ0n) is 14.3. The van der Waals surface area contributed by atoms with Crippen molar-refractivity contribution in [3.05, 3.63) is 42.1 Å². The van der Waals surface area contributed by atoms with Crippen LogP contribution in [-0.2, 0) is 4.79 Å². The summed E-state index contributed by atoms with van der Waals surface area (Å²) < 4.78 is 1.93. The molecule has 1 fully saturated rings. The van der Waals surface area contributed by atoms with Crippen molar-refractivity contribution < 1.29 is 9.31 Å².